The first-order chi connectivity index (χ1) is 15.0. The lowest BCUT2D eigenvalue weighted by molar-refractivity contribution is 0.0827. The Balaban J connectivity index is 0.00000363. The highest BCUT2D eigenvalue weighted by Crippen LogP contribution is 2.08. The monoisotopic (exact) mass is 547 g/mol. The Hall–Kier alpha value is -2.95. The van der Waals surface area contributed by atoms with Crippen molar-refractivity contribution in [3.63, 3.8) is 0 Å². The van der Waals surface area contributed by atoms with Crippen molar-refractivity contribution < 1.29 is 4.79 Å². The average Bonchev–Trinajstić information content (AvgIpc) is 3.29. The van der Waals surface area contributed by atoms with E-state index in [0.717, 1.165) is 23.5 Å². The third-order valence-corrected chi connectivity index (χ3v) is 4.77. The van der Waals surface area contributed by atoms with E-state index >= 15 is 0 Å². The summed E-state index contributed by atoms with van der Waals surface area (Å²) in [6, 6.07) is 16.1. The lowest BCUT2D eigenvalue weighted by atomic mass is 10.1. The second-order valence-electron chi connectivity index (χ2n) is 7.42. The second-order valence-corrected chi connectivity index (χ2v) is 7.42. The van der Waals surface area contributed by atoms with Gasteiger partial charge in [0.05, 0.1) is 6.54 Å². The molecule has 2 aromatic carbocycles. The Morgan fingerprint density at radius 2 is 1.81 bits per heavy atom. The van der Waals surface area contributed by atoms with E-state index in [0.29, 0.717) is 25.2 Å². The van der Waals surface area contributed by atoms with Crippen LogP contribution in [0.2, 0.25) is 0 Å². The van der Waals surface area contributed by atoms with Gasteiger partial charge in [-0.3, -0.25) is 9.79 Å². The summed E-state index contributed by atoms with van der Waals surface area (Å²) in [5.74, 6) is 0.750. The van der Waals surface area contributed by atoms with Crippen molar-refractivity contribution in [2.75, 3.05) is 27.7 Å². The topological polar surface area (TPSA) is 87.4 Å². The maximum atomic E-state index is 12.1. The molecule has 3 rings (SSSR count). The minimum Gasteiger partial charge on any atom is -0.356 e. The number of amides is 1. The number of guanidine groups is 1. The van der Waals surface area contributed by atoms with E-state index in [1.165, 1.54) is 11.9 Å². The van der Waals surface area contributed by atoms with Gasteiger partial charge in [0.1, 0.15) is 12.7 Å². The standard InChI is InChI=1S/C23H29N7O.HI/c1-24-23(26-11-10-18-6-5-9-21(13-18)22(31)29(2)3)27-14-19-7-4-8-20(12-19)15-30-17-25-16-28-30;/h4-9,12-13,16-17H,10-11,14-15H2,1-3H3,(H2,24,26,27);1H. The smallest absolute Gasteiger partial charge is 0.253 e. The molecule has 2 N–H and O–H groups in total. The van der Waals surface area contributed by atoms with Crippen molar-refractivity contribution in [2.24, 2.45) is 4.99 Å². The Kier molecular flexibility index (Phi) is 10.1. The highest BCUT2D eigenvalue weighted by atomic mass is 127. The molecule has 3 aromatic rings. The number of carbonyl (C=O) groups excluding carboxylic acids is 1. The Bertz CT molecular complexity index is 1020. The van der Waals surface area contributed by atoms with E-state index < -0.39 is 0 Å². The van der Waals surface area contributed by atoms with Gasteiger partial charge in [-0.15, -0.1) is 24.0 Å². The lowest BCUT2D eigenvalue weighted by Gasteiger charge is -2.13. The van der Waals surface area contributed by atoms with Crippen LogP contribution < -0.4 is 10.6 Å². The lowest BCUT2D eigenvalue weighted by Crippen LogP contribution is -2.37. The van der Waals surface area contributed by atoms with Gasteiger partial charge in [-0.25, -0.2) is 9.67 Å². The molecule has 0 aliphatic carbocycles. The number of hydrogen-bond donors (Lipinski definition) is 2. The van der Waals surface area contributed by atoms with Gasteiger partial charge >= 0.3 is 0 Å². The van der Waals surface area contributed by atoms with Crippen LogP contribution in [0, 0.1) is 0 Å². The van der Waals surface area contributed by atoms with Crippen LogP contribution in [0.3, 0.4) is 0 Å². The van der Waals surface area contributed by atoms with Crippen LogP contribution in [0.5, 0.6) is 0 Å². The van der Waals surface area contributed by atoms with E-state index in [2.05, 4.69) is 43.9 Å². The summed E-state index contributed by atoms with van der Waals surface area (Å²) in [6.45, 7) is 2.07. The molecule has 32 heavy (non-hydrogen) atoms. The predicted molar refractivity (Wildman–Crippen MR) is 137 cm³/mol. The molecular weight excluding hydrogens is 517 g/mol. The van der Waals surface area contributed by atoms with Gasteiger partial charge in [0, 0.05) is 39.8 Å². The number of nitrogens with zero attached hydrogens (tertiary/aromatic N) is 5. The first-order valence-electron chi connectivity index (χ1n) is 10.2. The third kappa shape index (κ3) is 7.63. The summed E-state index contributed by atoms with van der Waals surface area (Å²) >= 11 is 0. The number of aromatic nitrogens is 3. The van der Waals surface area contributed by atoms with Crippen LogP contribution in [-0.2, 0) is 19.5 Å². The fourth-order valence-electron chi connectivity index (χ4n) is 3.19. The summed E-state index contributed by atoms with van der Waals surface area (Å²) in [5.41, 5.74) is 4.14. The molecule has 0 spiro atoms. The van der Waals surface area contributed by atoms with Gasteiger partial charge in [0.25, 0.3) is 5.91 Å². The first kappa shape index (κ1) is 25.3. The number of halogens is 1. The van der Waals surface area contributed by atoms with Gasteiger partial charge in [-0.1, -0.05) is 36.4 Å². The number of hydrogen-bond acceptors (Lipinski definition) is 4. The normalized spacial score (nSPS) is 10.9. The van der Waals surface area contributed by atoms with Crippen molar-refractivity contribution in [3.05, 3.63) is 83.4 Å². The van der Waals surface area contributed by atoms with E-state index in [9.17, 15) is 4.79 Å². The number of aliphatic imine (C=N–C) groups is 1. The summed E-state index contributed by atoms with van der Waals surface area (Å²) in [6.07, 6.45) is 4.04. The molecule has 0 radical (unpaired) electrons. The van der Waals surface area contributed by atoms with Gasteiger partial charge in [0.2, 0.25) is 0 Å². The summed E-state index contributed by atoms with van der Waals surface area (Å²) < 4.78 is 1.80. The largest absolute Gasteiger partial charge is 0.356 e. The molecular formula is C23H30IN7O. The average molecular weight is 547 g/mol. The number of nitrogens with one attached hydrogen (secondary N) is 2. The molecule has 0 fully saturated rings. The molecule has 1 heterocycles. The molecule has 0 atom stereocenters. The fraction of sp³-hybridized carbons (Fsp3) is 0.304. The molecule has 0 aliphatic heterocycles. The molecule has 1 aromatic heterocycles. The third-order valence-electron chi connectivity index (χ3n) is 4.77. The zero-order valence-electron chi connectivity index (χ0n) is 18.7. The molecule has 0 bridgehead atoms. The maximum Gasteiger partial charge on any atom is 0.253 e. The second kappa shape index (κ2) is 12.8. The fourth-order valence-corrected chi connectivity index (χ4v) is 3.19. The zero-order valence-corrected chi connectivity index (χ0v) is 21.0. The highest BCUT2D eigenvalue weighted by Gasteiger charge is 2.08. The van der Waals surface area contributed by atoms with Gasteiger partial charge in [-0.05, 0) is 35.2 Å². The van der Waals surface area contributed by atoms with Crippen LogP contribution in [0.4, 0.5) is 0 Å². The van der Waals surface area contributed by atoms with Crippen molar-refractivity contribution in [1.82, 2.24) is 30.3 Å². The van der Waals surface area contributed by atoms with E-state index in [4.69, 9.17) is 0 Å². The number of carbonyl (C=O) groups is 1. The molecule has 0 aliphatic rings. The van der Waals surface area contributed by atoms with Crippen molar-refractivity contribution in [3.8, 4) is 0 Å². The van der Waals surface area contributed by atoms with Crippen LogP contribution in [0.15, 0.2) is 66.2 Å². The number of rotatable bonds is 8. The molecule has 0 saturated carbocycles. The molecule has 9 heteroatoms. The van der Waals surface area contributed by atoms with Crippen LogP contribution in [-0.4, -0.2) is 59.2 Å². The minimum absolute atomic E-state index is 0. The molecule has 170 valence electrons. The first-order valence-corrected chi connectivity index (χ1v) is 10.2. The van der Waals surface area contributed by atoms with Crippen molar-refractivity contribution in [1.29, 1.82) is 0 Å². The highest BCUT2D eigenvalue weighted by molar-refractivity contribution is 14.0. The Morgan fingerprint density at radius 1 is 1.06 bits per heavy atom. The van der Waals surface area contributed by atoms with Crippen molar-refractivity contribution in [2.45, 2.75) is 19.5 Å². The minimum atomic E-state index is 0. The molecule has 0 unspecified atom stereocenters. The van der Waals surface area contributed by atoms with Gasteiger partial charge in [-0.2, -0.15) is 5.10 Å². The Labute approximate surface area is 206 Å². The quantitative estimate of drug-likeness (QED) is 0.257. The molecule has 8 nitrogen and oxygen atoms in total. The van der Waals surface area contributed by atoms with E-state index in [-0.39, 0.29) is 29.9 Å². The SMILES string of the molecule is CN=C(NCCc1cccc(C(=O)N(C)C)c1)NCc1cccc(Cn2cncn2)c1.I. The van der Waals surface area contributed by atoms with Gasteiger partial charge < -0.3 is 15.5 Å². The maximum absolute atomic E-state index is 12.1. The van der Waals surface area contributed by atoms with Crippen LogP contribution >= 0.6 is 24.0 Å². The van der Waals surface area contributed by atoms with Crippen LogP contribution in [0.1, 0.15) is 27.0 Å². The molecule has 1 amide bonds. The predicted octanol–water partition coefficient (Wildman–Crippen LogP) is 2.55. The van der Waals surface area contributed by atoms with E-state index in [1.807, 2.05) is 30.3 Å². The summed E-state index contributed by atoms with van der Waals surface area (Å²) in [5, 5.41) is 10.8. The van der Waals surface area contributed by atoms with Gasteiger partial charge in [0.15, 0.2) is 5.96 Å². The summed E-state index contributed by atoms with van der Waals surface area (Å²) in [4.78, 5) is 22.0. The van der Waals surface area contributed by atoms with Crippen molar-refractivity contribution >= 4 is 35.8 Å². The Morgan fingerprint density at radius 3 is 2.53 bits per heavy atom. The zero-order chi connectivity index (χ0) is 22.1. The van der Waals surface area contributed by atoms with E-state index in [1.54, 1.807) is 37.1 Å². The number of benzene rings is 2. The van der Waals surface area contributed by atoms with Crippen LogP contribution in [0.25, 0.3) is 0 Å². The molecule has 0 saturated heterocycles. The summed E-state index contributed by atoms with van der Waals surface area (Å²) in [7, 11) is 5.28.